The van der Waals surface area contributed by atoms with Crippen molar-refractivity contribution in [3.8, 4) is 0 Å². The highest BCUT2D eigenvalue weighted by molar-refractivity contribution is 7.89. The van der Waals surface area contributed by atoms with Crippen LogP contribution in [0.3, 0.4) is 0 Å². The number of likely N-dealkylation sites (N-methyl/N-ethyl adjacent to an activating group) is 1. The van der Waals surface area contributed by atoms with Crippen LogP contribution >= 0.6 is 0 Å². The van der Waals surface area contributed by atoms with E-state index in [0.717, 1.165) is 4.31 Å². The third kappa shape index (κ3) is 5.60. The number of morpholine rings is 1. The molecule has 0 N–H and O–H groups in total. The highest BCUT2D eigenvalue weighted by Crippen LogP contribution is 2.15. The number of ketones is 1. The van der Waals surface area contributed by atoms with Gasteiger partial charge in [0.1, 0.15) is 6.54 Å². The van der Waals surface area contributed by atoms with Gasteiger partial charge in [0, 0.05) is 25.7 Å². The number of amides is 1. The highest BCUT2D eigenvalue weighted by atomic mass is 32.2. The van der Waals surface area contributed by atoms with E-state index < -0.39 is 29.1 Å². The summed E-state index contributed by atoms with van der Waals surface area (Å²) in [6.07, 6.45) is -0.0842. The fourth-order valence-electron chi connectivity index (χ4n) is 2.63. The summed E-state index contributed by atoms with van der Waals surface area (Å²) in [6.45, 7) is 3.49. The zero-order chi connectivity index (χ0) is 20.9. The van der Waals surface area contributed by atoms with Crippen LogP contribution in [0, 0.1) is 0 Å². The fourth-order valence-corrected chi connectivity index (χ4v) is 3.75. The lowest BCUT2D eigenvalue weighted by molar-refractivity contribution is -0.154. The highest BCUT2D eigenvalue weighted by Gasteiger charge is 2.25. The van der Waals surface area contributed by atoms with Crippen LogP contribution in [-0.2, 0) is 29.1 Å². The second-order valence-electron chi connectivity index (χ2n) is 6.52. The van der Waals surface area contributed by atoms with Crippen molar-refractivity contribution in [2.45, 2.75) is 24.8 Å². The Labute approximate surface area is 164 Å². The number of hydrogen-bond acceptors (Lipinski definition) is 7. The van der Waals surface area contributed by atoms with Crippen LogP contribution in [0.15, 0.2) is 29.2 Å². The zero-order valence-electron chi connectivity index (χ0n) is 16.1. The van der Waals surface area contributed by atoms with Crippen molar-refractivity contribution in [2.75, 3.05) is 39.9 Å². The largest absolute Gasteiger partial charge is 0.455 e. The van der Waals surface area contributed by atoms with Crippen LogP contribution in [0.5, 0.6) is 0 Å². The van der Waals surface area contributed by atoms with Crippen molar-refractivity contribution in [3.63, 3.8) is 0 Å². The Morgan fingerprint density at radius 1 is 1.25 bits per heavy atom. The average Bonchev–Trinajstić information content (AvgIpc) is 2.66. The standard InChI is InChI=1S/C18H24N2O7S/c1-13-10-20(8-9-26-13)17(22)12-27-18(23)11-19(3)28(24,25)16-6-4-15(5-7-16)14(2)21/h4-7,13H,8-12H2,1-3H3. The van der Waals surface area contributed by atoms with Gasteiger partial charge in [0.05, 0.1) is 17.6 Å². The summed E-state index contributed by atoms with van der Waals surface area (Å²) in [4.78, 5) is 36.8. The van der Waals surface area contributed by atoms with Crippen LogP contribution in [0.1, 0.15) is 24.2 Å². The molecule has 1 amide bonds. The van der Waals surface area contributed by atoms with E-state index in [0.29, 0.717) is 25.3 Å². The van der Waals surface area contributed by atoms with Gasteiger partial charge in [0.2, 0.25) is 10.0 Å². The normalized spacial score (nSPS) is 17.4. The Morgan fingerprint density at radius 2 is 1.89 bits per heavy atom. The van der Waals surface area contributed by atoms with Crippen molar-refractivity contribution >= 4 is 27.7 Å². The van der Waals surface area contributed by atoms with Gasteiger partial charge in [-0.3, -0.25) is 14.4 Å². The second-order valence-corrected chi connectivity index (χ2v) is 8.57. The van der Waals surface area contributed by atoms with E-state index in [2.05, 4.69) is 0 Å². The summed E-state index contributed by atoms with van der Waals surface area (Å²) in [5, 5.41) is 0. The van der Waals surface area contributed by atoms with Gasteiger partial charge in [0.15, 0.2) is 12.4 Å². The first-order valence-electron chi connectivity index (χ1n) is 8.73. The lowest BCUT2D eigenvalue weighted by Crippen LogP contribution is -2.46. The van der Waals surface area contributed by atoms with Crippen LogP contribution in [-0.4, -0.2) is 81.3 Å². The summed E-state index contributed by atoms with van der Waals surface area (Å²) < 4.78 is 36.1. The summed E-state index contributed by atoms with van der Waals surface area (Å²) in [5.74, 6) is -1.37. The molecule has 1 aromatic rings. The number of nitrogens with zero attached hydrogens (tertiary/aromatic N) is 2. The molecule has 0 aliphatic carbocycles. The van der Waals surface area contributed by atoms with Crippen LogP contribution in [0.25, 0.3) is 0 Å². The summed E-state index contributed by atoms with van der Waals surface area (Å²) >= 11 is 0. The molecule has 10 heteroatoms. The Balaban J connectivity index is 1.90. The van der Waals surface area contributed by atoms with Gasteiger partial charge < -0.3 is 14.4 Å². The summed E-state index contributed by atoms with van der Waals surface area (Å²) in [5.41, 5.74) is 0.386. The fraction of sp³-hybridized carbons (Fsp3) is 0.500. The number of carbonyl (C=O) groups is 3. The van der Waals surface area contributed by atoms with Gasteiger partial charge >= 0.3 is 5.97 Å². The van der Waals surface area contributed by atoms with Gasteiger partial charge in [-0.1, -0.05) is 12.1 Å². The summed E-state index contributed by atoms with van der Waals surface area (Å²) in [6, 6.07) is 5.42. The molecule has 0 radical (unpaired) electrons. The Morgan fingerprint density at radius 3 is 2.46 bits per heavy atom. The van der Waals surface area contributed by atoms with Crippen molar-refractivity contribution in [2.24, 2.45) is 0 Å². The maximum atomic E-state index is 12.5. The lowest BCUT2D eigenvalue weighted by Gasteiger charge is -2.31. The molecule has 2 rings (SSSR count). The minimum Gasteiger partial charge on any atom is -0.455 e. The molecule has 154 valence electrons. The number of rotatable bonds is 7. The van der Waals surface area contributed by atoms with E-state index in [1.54, 1.807) is 4.90 Å². The van der Waals surface area contributed by atoms with E-state index in [1.807, 2.05) is 6.92 Å². The number of sulfonamides is 1. The zero-order valence-corrected chi connectivity index (χ0v) is 16.9. The number of esters is 1. The molecule has 0 aromatic heterocycles. The van der Waals surface area contributed by atoms with E-state index in [4.69, 9.17) is 9.47 Å². The van der Waals surface area contributed by atoms with Gasteiger partial charge in [-0.25, -0.2) is 8.42 Å². The predicted octanol–water partition coefficient (Wildman–Crippen LogP) is 0.300. The minimum atomic E-state index is -3.93. The van der Waals surface area contributed by atoms with E-state index >= 15 is 0 Å². The quantitative estimate of drug-likeness (QED) is 0.468. The van der Waals surface area contributed by atoms with Gasteiger partial charge in [-0.05, 0) is 26.0 Å². The molecule has 9 nitrogen and oxygen atoms in total. The molecular weight excluding hydrogens is 388 g/mol. The number of Topliss-reactive ketones (excluding diaryl/α,β-unsaturated/α-hetero) is 1. The lowest BCUT2D eigenvalue weighted by atomic mass is 10.2. The van der Waals surface area contributed by atoms with E-state index in [9.17, 15) is 22.8 Å². The van der Waals surface area contributed by atoms with Gasteiger partial charge in [-0.15, -0.1) is 0 Å². The Kier molecular flexibility index (Phi) is 7.28. The van der Waals surface area contributed by atoms with E-state index in [1.165, 1.54) is 38.2 Å². The van der Waals surface area contributed by atoms with Crippen molar-refractivity contribution in [3.05, 3.63) is 29.8 Å². The number of hydrogen-bond donors (Lipinski definition) is 0. The topological polar surface area (TPSA) is 110 Å². The number of carbonyl (C=O) groups excluding carboxylic acids is 3. The molecule has 0 bridgehead atoms. The molecule has 28 heavy (non-hydrogen) atoms. The van der Waals surface area contributed by atoms with Crippen LogP contribution in [0.2, 0.25) is 0 Å². The molecule has 1 heterocycles. The van der Waals surface area contributed by atoms with Crippen LogP contribution < -0.4 is 0 Å². The maximum Gasteiger partial charge on any atom is 0.321 e. The van der Waals surface area contributed by atoms with Gasteiger partial charge in [-0.2, -0.15) is 4.31 Å². The SMILES string of the molecule is CC(=O)c1ccc(S(=O)(=O)N(C)CC(=O)OCC(=O)N2CCOC(C)C2)cc1. The molecule has 1 aliphatic rings. The monoisotopic (exact) mass is 412 g/mol. The first-order chi connectivity index (χ1) is 13.1. The van der Waals surface area contributed by atoms with E-state index in [-0.39, 0.29) is 22.7 Å². The molecular formula is C18H24N2O7S. The Bertz CT molecular complexity index is 836. The second kappa shape index (κ2) is 9.26. The van der Waals surface area contributed by atoms with Crippen molar-refractivity contribution < 1.29 is 32.3 Å². The first kappa shape index (κ1) is 22.0. The molecule has 1 saturated heterocycles. The molecule has 0 spiro atoms. The average molecular weight is 412 g/mol. The molecule has 1 unspecified atom stereocenters. The molecule has 1 fully saturated rings. The molecule has 1 aliphatic heterocycles. The smallest absolute Gasteiger partial charge is 0.321 e. The molecule has 1 atom stereocenters. The molecule has 0 saturated carbocycles. The number of ether oxygens (including phenoxy) is 2. The van der Waals surface area contributed by atoms with Crippen molar-refractivity contribution in [1.29, 1.82) is 0 Å². The Hall–Kier alpha value is -2.30. The van der Waals surface area contributed by atoms with Crippen molar-refractivity contribution in [1.82, 2.24) is 9.21 Å². The summed E-state index contributed by atoms with van der Waals surface area (Å²) in [7, 11) is -2.70. The molecule has 1 aromatic carbocycles. The first-order valence-corrected chi connectivity index (χ1v) is 10.2. The third-order valence-electron chi connectivity index (χ3n) is 4.27. The predicted molar refractivity (Wildman–Crippen MR) is 99.2 cm³/mol. The minimum absolute atomic E-state index is 0.0498. The van der Waals surface area contributed by atoms with Gasteiger partial charge in [0.25, 0.3) is 5.91 Å². The maximum absolute atomic E-state index is 12.5. The third-order valence-corrected chi connectivity index (χ3v) is 6.09. The number of benzene rings is 1. The van der Waals surface area contributed by atoms with Crippen LogP contribution in [0.4, 0.5) is 0 Å².